The van der Waals surface area contributed by atoms with Crippen molar-refractivity contribution in [2.45, 2.75) is 24.9 Å². The molecule has 1 aliphatic heterocycles. The summed E-state index contributed by atoms with van der Waals surface area (Å²) < 4.78 is 5.07. The Balaban J connectivity index is 1.56. The van der Waals surface area contributed by atoms with Crippen LogP contribution in [0.3, 0.4) is 0 Å². The van der Waals surface area contributed by atoms with Crippen LogP contribution < -0.4 is 0 Å². The maximum atomic E-state index is 12.5. The fourth-order valence-electron chi connectivity index (χ4n) is 2.90. The summed E-state index contributed by atoms with van der Waals surface area (Å²) in [4.78, 5) is 33.7. The van der Waals surface area contributed by atoms with Gasteiger partial charge in [-0.3, -0.25) is 9.59 Å². The lowest BCUT2D eigenvalue weighted by molar-refractivity contribution is -0.151. The van der Waals surface area contributed by atoms with E-state index in [1.165, 1.54) is 11.8 Å². The molecule has 0 aliphatic carbocycles. The fraction of sp³-hybridized carbons (Fsp3) is 0.471. The minimum atomic E-state index is -0.212. The number of hydrogen-bond acceptors (Lipinski definition) is 5. The number of thioether (sulfide) groups is 1. The van der Waals surface area contributed by atoms with Gasteiger partial charge in [-0.1, -0.05) is 23.4 Å². The summed E-state index contributed by atoms with van der Waals surface area (Å²) in [5.74, 6) is -0.126. The zero-order chi connectivity index (χ0) is 17.8. The van der Waals surface area contributed by atoms with Gasteiger partial charge in [0.25, 0.3) is 0 Å². The topological polar surface area (TPSA) is 75.3 Å². The van der Waals surface area contributed by atoms with E-state index >= 15 is 0 Å². The maximum Gasteiger partial charge on any atom is 0.310 e. The molecule has 134 valence electrons. The van der Waals surface area contributed by atoms with E-state index < -0.39 is 0 Å². The molecule has 2 heterocycles. The van der Waals surface area contributed by atoms with Crippen molar-refractivity contribution in [3.05, 3.63) is 23.2 Å². The summed E-state index contributed by atoms with van der Waals surface area (Å²) in [5, 5.41) is 1.33. The highest BCUT2D eigenvalue weighted by Gasteiger charge is 2.29. The average Bonchev–Trinajstić information content (AvgIpc) is 3.02. The summed E-state index contributed by atoms with van der Waals surface area (Å²) in [7, 11) is 0. The first-order valence-corrected chi connectivity index (χ1v) is 9.65. The minimum Gasteiger partial charge on any atom is -0.466 e. The van der Waals surface area contributed by atoms with Crippen LogP contribution in [0.4, 0.5) is 0 Å². The molecule has 0 bridgehead atoms. The normalized spacial score (nSPS) is 17.7. The number of benzene rings is 1. The molecule has 1 aliphatic rings. The summed E-state index contributed by atoms with van der Waals surface area (Å²) in [6.45, 7) is 3.29. The van der Waals surface area contributed by atoms with Gasteiger partial charge in [-0.25, -0.2) is 4.98 Å². The van der Waals surface area contributed by atoms with Crippen molar-refractivity contribution in [2.24, 2.45) is 5.92 Å². The molecule has 1 unspecified atom stereocenters. The Morgan fingerprint density at radius 1 is 1.48 bits per heavy atom. The Labute approximate surface area is 155 Å². The highest BCUT2D eigenvalue weighted by Crippen LogP contribution is 2.24. The predicted molar refractivity (Wildman–Crippen MR) is 97.8 cm³/mol. The number of aromatic amines is 1. The van der Waals surface area contributed by atoms with Crippen molar-refractivity contribution in [3.63, 3.8) is 0 Å². The molecule has 8 heteroatoms. The number of carbonyl (C=O) groups is 2. The molecule has 1 amide bonds. The highest BCUT2D eigenvalue weighted by atomic mass is 35.5. The van der Waals surface area contributed by atoms with Crippen LogP contribution in [-0.4, -0.2) is 52.2 Å². The third-order valence-corrected chi connectivity index (χ3v) is 5.24. The number of imidazole rings is 1. The molecular weight excluding hydrogens is 362 g/mol. The van der Waals surface area contributed by atoms with E-state index in [0.717, 1.165) is 23.9 Å². The lowest BCUT2D eigenvalue weighted by atomic mass is 9.98. The largest absolute Gasteiger partial charge is 0.466 e. The second-order valence-electron chi connectivity index (χ2n) is 5.92. The zero-order valence-corrected chi connectivity index (χ0v) is 15.5. The molecule has 1 fully saturated rings. The highest BCUT2D eigenvalue weighted by molar-refractivity contribution is 7.99. The number of hydrogen-bond donors (Lipinski definition) is 1. The smallest absolute Gasteiger partial charge is 0.310 e. The van der Waals surface area contributed by atoms with Gasteiger partial charge in [-0.05, 0) is 38.0 Å². The number of rotatable bonds is 5. The Hall–Kier alpha value is -1.73. The Kier molecular flexibility index (Phi) is 5.86. The molecule has 1 atom stereocenters. The van der Waals surface area contributed by atoms with Crippen LogP contribution in [0.15, 0.2) is 23.4 Å². The summed E-state index contributed by atoms with van der Waals surface area (Å²) in [6, 6.07) is 5.44. The summed E-state index contributed by atoms with van der Waals surface area (Å²) in [5.41, 5.74) is 1.67. The predicted octanol–water partition coefficient (Wildman–Crippen LogP) is 3.11. The van der Waals surface area contributed by atoms with Gasteiger partial charge in [-0.2, -0.15) is 0 Å². The van der Waals surface area contributed by atoms with Crippen LogP contribution in [-0.2, 0) is 14.3 Å². The Morgan fingerprint density at radius 3 is 3.12 bits per heavy atom. The van der Waals surface area contributed by atoms with E-state index in [4.69, 9.17) is 16.3 Å². The van der Waals surface area contributed by atoms with Crippen molar-refractivity contribution in [1.82, 2.24) is 14.9 Å². The molecular formula is C17H20ClN3O3S. The van der Waals surface area contributed by atoms with Crippen LogP contribution in [0.5, 0.6) is 0 Å². The van der Waals surface area contributed by atoms with E-state index in [-0.39, 0.29) is 23.5 Å². The standard InChI is InChI=1S/C17H20ClN3O3S/c1-2-24-16(23)11-4-3-7-21(9-11)15(22)10-25-17-19-13-6-5-12(18)8-14(13)20-17/h5-6,8,11H,2-4,7,9-10H2,1H3,(H,19,20). The Bertz CT molecular complexity index is 780. The number of piperidine rings is 1. The number of aromatic nitrogens is 2. The van der Waals surface area contributed by atoms with Gasteiger partial charge in [-0.15, -0.1) is 0 Å². The van der Waals surface area contributed by atoms with Crippen LogP contribution >= 0.6 is 23.4 Å². The monoisotopic (exact) mass is 381 g/mol. The van der Waals surface area contributed by atoms with Crippen LogP contribution in [0.25, 0.3) is 11.0 Å². The van der Waals surface area contributed by atoms with Crippen molar-refractivity contribution >= 4 is 46.3 Å². The molecule has 2 aromatic rings. The van der Waals surface area contributed by atoms with Crippen molar-refractivity contribution in [1.29, 1.82) is 0 Å². The molecule has 0 saturated carbocycles. The summed E-state index contributed by atoms with van der Waals surface area (Å²) >= 11 is 7.32. The molecule has 6 nitrogen and oxygen atoms in total. The van der Waals surface area contributed by atoms with Gasteiger partial charge in [0.1, 0.15) is 0 Å². The third kappa shape index (κ3) is 4.46. The van der Waals surface area contributed by atoms with Gasteiger partial charge in [0.05, 0.1) is 29.3 Å². The number of nitrogens with one attached hydrogen (secondary N) is 1. The van der Waals surface area contributed by atoms with E-state index in [1.807, 2.05) is 12.1 Å². The van der Waals surface area contributed by atoms with Gasteiger partial charge in [0, 0.05) is 18.1 Å². The minimum absolute atomic E-state index is 0.0116. The number of esters is 1. The number of H-pyrrole nitrogens is 1. The fourth-order valence-corrected chi connectivity index (χ4v) is 3.86. The lowest BCUT2D eigenvalue weighted by Crippen LogP contribution is -2.43. The number of halogens is 1. The first-order chi connectivity index (χ1) is 12.1. The molecule has 1 aromatic carbocycles. The van der Waals surface area contributed by atoms with Crippen molar-refractivity contribution < 1.29 is 14.3 Å². The first kappa shape index (κ1) is 18.1. The SMILES string of the molecule is CCOC(=O)C1CCCN(C(=O)CSc2nc3ccc(Cl)cc3[nH]2)C1. The van der Waals surface area contributed by atoms with Crippen molar-refractivity contribution in [2.75, 3.05) is 25.4 Å². The molecule has 0 spiro atoms. The van der Waals surface area contributed by atoms with Crippen molar-refractivity contribution in [3.8, 4) is 0 Å². The Morgan fingerprint density at radius 2 is 2.32 bits per heavy atom. The summed E-state index contributed by atoms with van der Waals surface area (Å²) in [6.07, 6.45) is 1.60. The van der Waals surface area contributed by atoms with Gasteiger partial charge in [0.2, 0.25) is 5.91 Å². The molecule has 1 aromatic heterocycles. The number of likely N-dealkylation sites (tertiary alicyclic amines) is 1. The lowest BCUT2D eigenvalue weighted by Gasteiger charge is -2.31. The van der Waals surface area contributed by atoms with Crippen LogP contribution in [0, 0.1) is 5.92 Å². The molecule has 3 rings (SSSR count). The number of fused-ring (bicyclic) bond motifs is 1. The second kappa shape index (κ2) is 8.10. The maximum absolute atomic E-state index is 12.5. The average molecular weight is 382 g/mol. The first-order valence-electron chi connectivity index (χ1n) is 8.29. The van der Waals surface area contributed by atoms with E-state index in [9.17, 15) is 9.59 Å². The molecule has 0 radical (unpaired) electrons. The molecule has 25 heavy (non-hydrogen) atoms. The number of ether oxygens (including phenoxy) is 1. The van der Waals surface area contributed by atoms with Gasteiger partial charge < -0.3 is 14.6 Å². The quantitative estimate of drug-likeness (QED) is 0.636. The number of amides is 1. The van der Waals surface area contributed by atoms with Crippen LogP contribution in [0.2, 0.25) is 5.02 Å². The van der Waals surface area contributed by atoms with Crippen LogP contribution in [0.1, 0.15) is 19.8 Å². The van der Waals surface area contributed by atoms with E-state index in [1.54, 1.807) is 17.9 Å². The number of carbonyl (C=O) groups excluding carboxylic acids is 2. The van der Waals surface area contributed by atoms with Gasteiger partial charge >= 0.3 is 5.97 Å². The molecule has 1 N–H and O–H groups in total. The zero-order valence-electron chi connectivity index (χ0n) is 14.0. The third-order valence-electron chi connectivity index (χ3n) is 4.15. The molecule has 1 saturated heterocycles. The number of nitrogens with zero attached hydrogens (tertiary/aromatic N) is 2. The second-order valence-corrected chi connectivity index (χ2v) is 7.32. The van der Waals surface area contributed by atoms with Gasteiger partial charge in [0.15, 0.2) is 5.16 Å². The van der Waals surface area contributed by atoms with E-state index in [0.29, 0.717) is 29.9 Å². The van der Waals surface area contributed by atoms with E-state index in [2.05, 4.69) is 9.97 Å².